The van der Waals surface area contributed by atoms with E-state index in [0.29, 0.717) is 5.75 Å². The standard InChI is InChI=1S/C13H16FN3O/c1-9(15)11-4-3-10(14)7-12(11)18-8-13-16-5-6-17(13)2/h3-7,9H,8,15H2,1-2H3/t9-/m1/s1. The Bertz CT molecular complexity index is 537. The normalized spacial score (nSPS) is 12.4. The minimum absolute atomic E-state index is 0.207. The molecule has 1 aromatic carbocycles. The second-order valence-electron chi connectivity index (χ2n) is 4.21. The third-order valence-electron chi connectivity index (χ3n) is 2.74. The van der Waals surface area contributed by atoms with Crippen molar-refractivity contribution in [3.05, 3.63) is 47.8 Å². The smallest absolute Gasteiger partial charge is 0.146 e. The van der Waals surface area contributed by atoms with Gasteiger partial charge < -0.3 is 15.0 Å². The van der Waals surface area contributed by atoms with Crippen LogP contribution in [0.15, 0.2) is 30.6 Å². The molecule has 5 heteroatoms. The summed E-state index contributed by atoms with van der Waals surface area (Å²) in [6, 6.07) is 4.17. The molecule has 96 valence electrons. The van der Waals surface area contributed by atoms with E-state index in [4.69, 9.17) is 10.5 Å². The quantitative estimate of drug-likeness (QED) is 0.903. The Kier molecular flexibility index (Phi) is 3.62. The molecule has 0 bridgehead atoms. The molecule has 0 aliphatic rings. The number of imidazole rings is 1. The Morgan fingerprint density at radius 1 is 1.50 bits per heavy atom. The zero-order chi connectivity index (χ0) is 13.1. The van der Waals surface area contributed by atoms with Crippen LogP contribution < -0.4 is 10.5 Å². The van der Waals surface area contributed by atoms with E-state index >= 15 is 0 Å². The van der Waals surface area contributed by atoms with Crippen LogP contribution in [-0.2, 0) is 13.7 Å². The largest absolute Gasteiger partial charge is 0.485 e. The van der Waals surface area contributed by atoms with Crippen LogP contribution in [0.5, 0.6) is 5.75 Å². The minimum atomic E-state index is -0.339. The van der Waals surface area contributed by atoms with Gasteiger partial charge in [-0.1, -0.05) is 6.07 Å². The van der Waals surface area contributed by atoms with Crippen LogP contribution in [0.2, 0.25) is 0 Å². The maximum atomic E-state index is 13.2. The molecule has 0 unspecified atom stereocenters. The molecule has 0 aliphatic carbocycles. The van der Waals surface area contributed by atoms with E-state index < -0.39 is 0 Å². The number of nitrogens with two attached hydrogens (primary N) is 1. The molecule has 0 saturated heterocycles. The maximum Gasteiger partial charge on any atom is 0.146 e. The monoisotopic (exact) mass is 249 g/mol. The molecule has 1 atom stereocenters. The van der Waals surface area contributed by atoms with Gasteiger partial charge in [-0.15, -0.1) is 0 Å². The van der Waals surface area contributed by atoms with Gasteiger partial charge in [0.05, 0.1) is 0 Å². The van der Waals surface area contributed by atoms with Crippen molar-refractivity contribution >= 4 is 0 Å². The van der Waals surface area contributed by atoms with Crippen molar-refractivity contribution in [3.8, 4) is 5.75 Å². The summed E-state index contributed by atoms with van der Waals surface area (Å²) in [5.41, 5.74) is 6.60. The summed E-state index contributed by atoms with van der Waals surface area (Å²) in [6.45, 7) is 2.12. The summed E-state index contributed by atoms with van der Waals surface area (Å²) in [4.78, 5) is 4.14. The first-order valence-electron chi connectivity index (χ1n) is 5.72. The fourth-order valence-corrected chi connectivity index (χ4v) is 1.69. The lowest BCUT2D eigenvalue weighted by atomic mass is 10.1. The Hall–Kier alpha value is -1.88. The van der Waals surface area contributed by atoms with Gasteiger partial charge in [0.15, 0.2) is 0 Å². The average Bonchev–Trinajstić information content (AvgIpc) is 2.72. The fourth-order valence-electron chi connectivity index (χ4n) is 1.69. The molecule has 1 aromatic heterocycles. The molecular weight excluding hydrogens is 233 g/mol. The number of aromatic nitrogens is 2. The van der Waals surface area contributed by atoms with Gasteiger partial charge in [0.2, 0.25) is 0 Å². The summed E-state index contributed by atoms with van der Waals surface area (Å²) in [7, 11) is 1.88. The number of hydrogen-bond donors (Lipinski definition) is 1. The molecule has 4 nitrogen and oxygen atoms in total. The first-order chi connectivity index (χ1) is 8.58. The van der Waals surface area contributed by atoms with Gasteiger partial charge in [0.25, 0.3) is 0 Å². The molecule has 0 spiro atoms. The predicted molar refractivity (Wildman–Crippen MR) is 66.5 cm³/mol. The van der Waals surface area contributed by atoms with Gasteiger partial charge in [-0.3, -0.25) is 0 Å². The lowest BCUT2D eigenvalue weighted by molar-refractivity contribution is 0.286. The number of hydrogen-bond acceptors (Lipinski definition) is 3. The molecule has 0 amide bonds. The van der Waals surface area contributed by atoms with Gasteiger partial charge in [0, 0.05) is 37.1 Å². The summed E-state index contributed by atoms with van der Waals surface area (Å²) in [5.74, 6) is 0.900. The Morgan fingerprint density at radius 3 is 2.89 bits per heavy atom. The van der Waals surface area contributed by atoms with Gasteiger partial charge in [-0.2, -0.15) is 0 Å². The third kappa shape index (κ3) is 2.68. The average molecular weight is 249 g/mol. The van der Waals surface area contributed by atoms with Crippen molar-refractivity contribution in [2.24, 2.45) is 12.8 Å². The van der Waals surface area contributed by atoms with Crippen LogP contribution in [0.1, 0.15) is 24.4 Å². The van der Waals surface area contributed by atoms with Crippen molar-refractivity contribution in [3.63, 3.8) is 0 Å². The number of benzene rings is 1. The summed E-state index contributed by atoms with van der Waals surface area (Å²) in [5, 5.41) is 0. The highest BCUT2D eigenvalue weighted by atomic mass is 19.1. The van der Waals surface area contributed by atoms with E-state index in [1.807, 2.05) is 24.7 Å². The van der Waals surface area contributed by atoms with Gasteiger partial charge >= 0.3 is 0 Å². The predicted octanol–water partition coefficient (Wildman–Crippen LogP) is 2.16. The lowest BCUT2D eigenvalue weighted by Gasteiger charge is -2.14. The Labute approximate surface area is 105 Å². The van der Waals surface area contributed by atoms with E-state index in [1.165, 1.54) is 12.1 Å². The first-order valence-corrected chi connectivity index (χ1v) is 5.72. The molecule has 0 aliphatic heterocycles. The van der Waals surface area contributed by atoms with Crippen LogP contribution in [0.25, 0.3) is 0 Å². The summed E-state index contributed by atoms with van der Waals surface area (Å²) < 4.78 is 20.7. The van der Waals surface area contributed by atoms with Crippen LogP contribution in [0.4, 0.5) is 4.39 Å². The molecule has 2 rings (SSSR count). The molecular formula is C13H16FN3O. The first kappa shape index (κ1) is 12.6. The van der Waals surface area contributed by atoms with E-state index in [0.717, 1.165) is 11.4 Å². The third-order valence-corrected chi connectivity index (χ3v) is 2.74. The van der Waals surface area contributed by atoms with E-state index in [9.17, 15) is 4.39 Å². The van der Waals surface area contributed by atoms with E-state index in [1.54, 1.807) is 12.3 Å². The van der Waals surface area contributed by atoms with Crippen molar-refractivity contribution < 1.29 is 9.13 Å². The number of halogens is 1. The van der Waals surface area contributed by atoms with E-state index in [-0.39, 0.29) is 18.5 Å². The van der Waals surface area contributed by atoms with Crippen LogP contribution in [0, 0.1) is 5.82 Å². The molecule has 1 heterocycles. The summed E-state index contributed by atoms with van der Waals surface area (Å²) >= 11 is 0. The fraction of sp³-hybridized carbons (Fsp3) is 0.308. The molecule has 18 heavy (non-hydrogen) atoms. The van der Waals surface area contributed by atoms with Crippen LogP contribution in [0.3, 0.4) is 0 Å². The minimum Gasteiger partial charge on any atom is -0.485 e. The van der Waals surface area contributed by atoms with Crippen LogP contribution in [-0.4, -0.2) is 9.55 Å². The van der Waals surface area contributed by atoms with Gasteiger partial charge in [-0.05, 0) is 13.0 Å². The Morgan fingerprint density at radius 2 is 2.28 bits per heavy atom. The topological polar surface area (TPSA) is 53.1 Å². The zero-order valence-electron chi connectivity index (χ0n) is 10.4. The lowest BCUT2D eigenvalue weighted by Crippen LogP contribution is -2.09. The van der Waals surface area contributed by atoms with Gasteiger partial charge in [-0.25, -0.2) is 9.37 Å². The second kappa shape index (κ2) is 5.18. The summed E-state index contributed by atoms with van der Waals surface area (Å²) in [6.07, 6.45) is 3.52. The molecule has 0 fully saturated rings. The SMILES string of the molecule is C[C@@H](N)c1ccc(F)cc1OCc1nccn1C. The highest BCUT2D eigenvalue weighted by Gasteiger charge is 2.10. The molecule has 2 aromatic rings. The molecule has 2 N–H and O–H groups in total. The zero-order valence-corrected chi connectivity index (χ0v) is 10.4. The highest BCUT2D eigenvalue weighted by Crippen LogP contribution is 2.25. The van der Waals surface area contributed by atoms with Crippen molar-refractivity contribution in [1.82, 2.24) is 9.55 Å². The van der Waals surface area contributed by atoms with Gasteiger partial charge in [0.1, 0.15) is 24.0 Å². The van der Waals surface area contributed by atoms with Crippen molar-refractivity contribution in [2.75, 3.05) is 0 Å². The number of nitrogens with zero attached hydrogens (tertiary/aromatic N) is 2. The number of rotatable bonds is 4. The maximum absolute atomic E-state index is 13.2. The molecule has 0 radical (unpaired) electrons. The van der Waals surface area contributed by atoms with E-state index in [2.05, 4.69) is 4.98 Å². The molecule has 0 saturated carbocycles. The second-order valence-corrected chi connectivity index (χ2v) is 4.21. The van der Waals surface area contributed by atoms with Crippen molar-refractivity contribution in [2.45, 2.75) is 19.6 Å². The highest BCUT2D eigenvalue weighted by molar-refractivity contribution is 5.36. The number of ether oxygens (including phenoxy) is 1. The Balaban J connectivity index is 2.18. The van der Waals surface area contributed by atoms with Crippen molar-refractivity contribution in [1.29, 1.82) is 0 Å². The number of aryl methyl sites for hydroxylation is 1. The van der Waals surface area contributed by atoms with Crippen LogP contribution >= 0.6 is 0 Å².